The van der Waals surface area contributed by atoms with Gasteiger partial charge in [-0.15, -0.1) is 0 Å². The van der Waals surface area contributed by atoms with Crippen LogP contribution in [0.5, 0.6) is 5.75 Å². The second-order valence-corrected chi connectivity index (χ2v) is 5.31. The quantitative estimate of drug-likeness (QED) is 0.897. The highest BCUT2D eigenvalue weighted by atomic mass is 35.5. The van der Waals surface area contributed by atoms with Crippen molar-refractivity contribution in [2.45, 2.75) is 19.4 Å². The SMILES string of the molecule is COc1ccc(CC(C)Nc2cc(C#N)ccc2Cl)cc1. The van der Waals surface area contributed by atoms with Gasteiger partial charge in [0.2, 0.25) is 0 Å². The van der Waals surface area contributed by atoms with Gasteiger partial charge in [0, 0.05) is 6.04 Å². The van der Waals surface area contributed by atoms with Crippen LogP contribution < -0.4 is 10.1 Å². The van der Waals surface area contributed by atoms with E-state index in [2.05, 4.69) is 18.3 Å². The Morgan fingerprint density at radius 2 is 1.95 bits per heavy atom. The van der Waals surface area contributed by atoms with Crippen molar-refractivity contribution in [2.24, 2.45) is 0 Å². The number of anilines is 1. The zero-order chi connectivity index (χ0) is 15.2. The van der Waals surface area contributed by atoms with Crippen molar-refractivity contribution < 1.29 is 4.74 Å². The van der Waals surface area contributed by atoms with Crippen molar-refractivity contribution in [3.05, 3.63) is 58.6 Å². The van der Waals surface area contributed by atoms with Gasteiger partial charge in [-0.1, -0.05) is 23.7 Å². The molecule has 0 aliphatic heterocycles. The van der Waals surface area contributed by atoms with E-state index in [4.69, 9.17) is 21.6 Å². The third-order valence-corrected chi connectivity index (χ3v) is 3.53. The normalized spacial score (nSPS) is 11.5. The first-order chi connectivity index (χ1) is 10.1. The van der Waals surface area contributed by atoms with E-state index in [0.717, 1.165) is 17.9 Å². The van der Waals surface area contributed by atoms with E-state index in [-0.39, 0.29) is 6.04 Å². The zero-order valence-corrected chi connectivity index (χ0v) is 12.8. The number of ether oxygens (including phenoxy) is 1. The number of hydrogen-bond donors (Lipinski definition) is 1. The Kier molecular flexibility index (Phi) is 5.08. The van der Waals surface area contributed by atoms with Gasteiger partial charge in [0.05, 0.1) is 29.5 Å². The van der Waals surface area contributed by atoms with E-state index in [1.54, 1.807) is 25.3 Å². The summed E-state index contributed by atoms with van der Waals surface area (Å²) in [4.78, 5) is 0. The summed E-state index contributed by atoms with van der Waals surface area (Å²) in [6, 6.07) is 15.5. The Balaban J connectivity index is 2.04. The molecule has 4 heteroatoms. The summed E-state index contributed by atoms with van der Waals surface area (Å²) in [6.07, 6.45) is 0.858. The summed E-state index contributed by atoms with van der Waals surface area (Å²) in [5, 5.41) is 12.9. The van der Waals surface area contributed by atoms with E-state index >= 15 is 0 Å². The average molecular weight is 301 g/mol. The maximum Gasteiger partial charge on any atom is 0.118 e. The minimum absolute atomic E-state index is 0.199. The van der Waals surface area contributed by atoms with E-state index < -0.39 is 0 Å². The Morgan fingerprint density at radius 3 is 2.57 bits per heavy atom. The van der Waals surface area contributed by atoms with Crippen LogP contribution in [0.3, 0.4) is 0 Å². The molecule has 0 amide bonds. The third-order valence-electron chi connectivity index (χ3n) is 3.20. The Morgan fingerprint density at radius 1 is 1.24 bits per heavy atom. The second-order valence-electron chi connectivity index (χ2n) is 4.90. The largest absolute Gasteiger partial charge is 0.497 e. The van der Waals surface area contributed by atoms with Crippen molar-refractivity contribution in [2.75, 3.05) is 12.4 Å². The Bertz CT molecular complexity index is 647. The van der Waals surface area contributed by atoms with E-state index in [1.165, 1.54) is 5.56 Å². The number of nitriles is 1. The lowest BCUT2D eigenvalue weighted by molar-refractivity contribution is 0.414. The van der Waals surface area contributed by atoms with E-state index in [0.29, 0.717) is 10.6 Å². The van der Waals surface area contributed by atoms with Gasteiger partial charge >= 0.3 is 0 Å². The number of nitrogens with one attached hydrogen (secondary N) is 1. The fraction of sp³-hybridized carbons (Fsp3) is 0.235. The van der Waals surface area contributed by atoms with Gasteiger partial charge in [-0.25, -0.2) is 0 Å². The van der Waals surface area contributed by atoms with Crippen molar-refractivity contribution in [1.82, 2.24) is 0 Å². The molecule has 0 aliphatic rings. The fourth-order valence-electron chi connectivity index (χ4n) is 2.14. The van der Waals surface area contributed by atoms with Crippen LogP contribution in [0.4, 0.5) is 5.69 Å². The Hall–Kier alpha value is -2.18. The van der Waals surface area contributed by atoms with E-state index in [1.807, 2.05) is 24.3 Å². The molecule has 1 atom stereocenters. The highest BCUT2D eigenvalue weighted by Crippen LogP contribution is 2.24. The number of hydrogen-bond acceptors (Lipinski definition) is 3. The lowest BCUT2D eigenvalue weighted by Gasteiger charge is -2.17. The van der Waals surface area contributed by atoms with Crippen molar-refractivity contribution in [3.63, 3.8) is 0 Å². The van der Waals surface area contributed by atoms with Crippen LogP contribution in [-0.4, -0.2) is 13.2 Å². The molecular weight excluding hydrogens is 284 g/mol. The average Bonchev–Trinajstić information content (AvgIpc) is 2.50. The molecule has 0 bridgehead atoms. The molecule has 108 valence electrons. The molecule has 0 saturated heterocycles. The molecule has 0 spiro atoms. The summed E-state index contributed by atoms with van der Waals surface area (Å²) >= 11 is 6.15. The van der Waals surface area contributed by atoms with Crippen molar-refractivity contribution in [1.29, 1.82) is 5.26 Å². The van der Waals surface area contributed by atoms with E-state index in [9.17, 15) is 0 Å². The molecular formula is C17H17ClN2O. The zero-order valence-electron chi connectivity index (χ0n) is 12.1. The summed E-state index contributed by atoms with van der Waals surface area (Å²) in [5.74, 6) is 0.851. The molecule has 1 N–H and O–H groups in total. The summed E-state index contributed by atoms with van der Waals surface area (Å²) in [5.41, 5.74) is 2.60. The minimum Gasteiger partial charge on any atom is -0.497 e. The molecule has 2 aromatic carbocycles. The monoisotopic (exact) mass is 300 g/mol. The first-order valence-electron chi connectivity index (χ1n) is 6.71. The maximum absolute atomic E-state index is 8.94. The molecule has 0 heterocycles. The smallest absolute Gasteiger partial charge is 0.118 e. The van der Waals surface area contributed by atoms with Crippen LogP contribution in [0.15, 0.2) is 42.5 Å². The van der Waals surface area contributed by atoms with Crippen LogP contribution in [-0.2, 0) is 6.42 Å². The van der Waals surface area contributed by atoms with Crippen LogP contribution in [0, 0.1) is 11.3 Å². The predicted octanol–water partition coefficient (Wildman–Crippen LogP) is 4.26. The van der Waals surface area contributed by atoms with Gasteiger partial charge in [-0.2, -0.15) is 5.26 Å². The highest BCUT2D eigenvalue weighted by Gasteiger charge is 2.07. The van der Waals surface area contributed by atoms with Crippen LogP contribution in [0.2, 0.25) is 5.02 Å². The minimum atomic E-state index is 0.199. The molecule has 21 heavy (non-hydrogen) atoms. The number of rotatable bonds is 5. The van der Waals surface area contributed by atoms with Gasteiger partial charge in [0.15, 0.2) is 0 Å². The first-order valence-corrected chi connectivity index (χ1v) is 7.09. The summed E-state index contributed by atoms with van der Waals surface area (Å²) in [6.45, 7) is 2.08. The lowest BCUT2D eigenvalue weighted by atomic mass is 10.1. The first kappa shape index (κ1) is 15.2. The van der Waals surface area contributed by atoms with Gasteiger partial charge in [0.1, 0.15) is 5.75 Å². The topological polar surface area (TPSA) is 45.0 Å². The molecule has 3 nitrogen and oxygen atoms in total. The molecule has 0 saturated carbocycles. The van der Waals surface area contributed by atoms with Crippen LogP contribution in [0.25, 0.3) is 0 Å². The highest BCUT2D eigenvalue weighted by molar-refractivity contribution is 6.33. The molecule has 0 aliphatic carbocycles. The number of nitrogens with zero attached hydrogens (tertiary/aromatic N) is 1. The second kappa shape index (κ2) is 7.01. The van der Waals surface area contributed by atoms with Gasteiger partial charge in [0.25, 0.3) is 0 Å². The fourth-order valence-corrected chi connectivity index (χ4v) is 2.31. The van der Waals surface area contributed by atoms with Crippen LogP contribution in [0.1, 0.15) is 18.1 Å². The molecule has 0 radical (unpaired) electrons. The van der Waals surface area contributed by atoms with Gasteiger partial charge in [-0.05, 0) is 49.2 Å². The third kappa shape index (κ3) is 4.14. The number of benzene rings is 2. The maximum atomic E-state index is 8.94. The van der Waals surface area contributed by atoms with Crippen LogP contribution >= 0.6 is 11.6 Å². The summed E-state index contributed by atoms with van der Waals surface area (Å²) < 4.78 is 5.15. The molecule has 0 aromatic heterocycles. The van der Waals surface area contributed by atoms with Crippen molar-refractivity contribution in [3.8, 4) is 11.8 Å². The summed E-state index contributed by atoms with van der Waals surface area (Å²) in [7, 11) is 1.66. The molecule has 2 aromatic rings. The molecule has 0 fully saturated rings. The standard InChI is InChI=1S/C17H17ClN2O/c1-12(9-13-3-6-15(21-2)7-4-13)20-17-10-14(11-19)5-8-16(17)18/h3-8,10,12,20H,9H2,1-2H3. The van der Waals surface area contributed by atoms with Crippen molar-refractivity contribution >= 4 is 17.3 Å². The number of halogens is 1. The van der Waals surface area contributed by atoms with Gasteiger partial charge in [-0.3, -0.25) is 0 Å². The Labute approximate surface area is 130 Å². The molecule has 1 unspecified atom stereocenters. The van der Waals surface area contributed by atoms with Gasteiger partial charge < -0.3 is 10.1 Å². The lowest BCUT2D eigenvalue weighted by Crippen LogP contribution is -2.18. The molecule has 2 rings (SSSR count). The predicted molar refractivity (Wildman–Crippen MR) is 85.9 cm³/mol. The number of methoxy groups -OCH3 is 1.